The van der Waals surface area contributed by atoms with Crippen LogP contribution in [0.1, 0.15) is 19.3 Å². The summed E-state index contributed by atoms with van der Waals surface area (Å²) in [6.07, 6.45) is 2.86. The fraction of sp³-hybridized carbons (Fsp3) is 0.368. The van der Waals surface area contributed by atoms with Crippen LogP contribution in [0.15, 0.2) is 59.5 Å². The Balaban J connectivity index is 1.72. The molecule has 0 aromatic heterocycles. The lowest BCUT2D eigenvalue weighted by molar-refractivity contribution is 0.311. The maximum absolute atomic E-state index is 13.3. The number of hydrogen-bond donors (Lipinski definition) is 1. The average Bonchev–Trinajstić information content (AvgIpc) is 3.42. The standard InChI is InChI=1S/C19H22N2O2S/c22-24(23,21-14-13-20-12-11-19(21)9-10-19)18-8-4-7-17(15-18)16-5-2-1-3-6-16/h1-8,15,20H,9-14H2. The van der Waals surface area contributed by atoms with Gasteiger partial charge in [0.05, 0.1) is 4.90 Å². The van der Waals surface area contributed by atoms with E-state index in [-0.39, 0.29) is 5.54 Å². The monoisotopic (exact) mass is 342 g/mol. The highest BCUT2D eigenvalue weighted by atomic mass is 32.2. The van der Waals surface area contributed by atoms with Crippen LogP contribution in [0.2, 0.25) is 0 Å². The van der Waals surface area contributed by atoms with E-state index in [0.29, 0.717) is 11.4 Å². The van der Waals surface area contributed by atoms with Crippen molar-refractivity contribution >= 4 is 10.0 Å². The molecule has 1 saturated heterocycles. The first-order valence-electron chi connectivity index (χ1n) is 8.51. The summed E-state index contributed by atoms with van der Waals surface area (Å²) >= 11 is 0. The molecule has 4 rings (SSSR count). The van der Waals surface area contributed by atoms with E-state index in [0.717, 1.165) is 43.5 Å². The second-order valence-electron chi connectivity index (χ2n) is 6.70. The Hall–Kier alpha value is -1.69. The minimum absolute atomic E-state index is 0.148. The van der Waals surface area contributed by atoms with E-state index in [2.05, 4.69) is 5.32 Å². The highest BCUT2D eigenvalue weighted by Gasteiger charge is 2.53. The van der Waals surface area contributed by atoms with E-state index in [9.17, 15) is 8.42 Å². The van der Waals surface area contributed by atoms with E-state index in [1.807, 2.05) is 42.5 Å². The fourth-order valence-corrected chi connectivity index (χ4v) is 5.50. The van der Waals surface area contributed by atoms with E-state index < -0.39 is 10.0 Å². The SMILES string of the molecule is O=S(=O)(c1cccc(-c2ccccc2)c1)N1CCNCCC12CC2. The van der Waals surface area contributed by atoms with E-state index in [4.69, 9.17) is 0 Å². The van der Waals surface area contributed by atoms with Gasteiger partial charge in [0.1, 0.15) is 0 Å². The molecular formula is C19H22N2O2S. The Kier molecular flexibility index (Phi) is 3.95. The zero-order chi connectivity index (χ0) is 16.6. The highest BCUT2D eigenvalue weighted by Crippen LogP contribution is 2.47. The van der Waals surface area contributed by atoms with E-state index in [1.54, 1.807) is 16.4 Å². The van der Waals surface area contributed by atoms with Crippen molar-refractivity contribution in [3.8, 4) is 11.1 Å². The molecule has 2 aliphatic rings. The van der Waals surface area contributed by atoms with E-state index >= 15 is 0 Å². The lowest BCUT2D eigenvalue weighted by atomic mass is 10.1. The quantitative estimate of drug-likeness (QED) is 0.933. The number of benzene rings is 2. The smallest absolute Gasteiger partial charge is 0.243 e. The number of nitrogens with zero attached hydrogens (tertiary/aromatic N) is 1. The largest absolute Gasteiger partial charge is 0.315 e. The van der Waals surface area contributed by atoms with Gasteiger partial charge in [-0.15, -0.1) is 0 Å². The molecule has 2 aromatic rings. The zero-order valence-electron chi connectivity index (χ0n) is 13.6. The third kappa shape index (κ3) is 2.77. The van der Waals surface area contributed by atoms with Crippen molar-refractivity contribution in [2.24, 2.45) is 0 Å². The zero-order valence-corrected chi connectivity index (χ0v) is 14.4. The van der Waals surface area contributed by atoms with E-state index in [1.165, 1.54) is 0 Å². The van der Waals surface area contributed by atoms with Crippen LogP contribution in [0.25, 0.3) is 11.1 Å². The third-order valence-electron chi connectivity index (χ3n) is 5.14. The van der Waals surface area contributed by atoms with Gasteiger partial charge in [0.2, 0.25) is 10.0 Å². The fourth-order valence-electron chi connectivity index (χ4n) is 3.60. The molecule has 1 aliphatic heterocycles. The predicted octanol–water partition coefficient (Wildman–Crippen LogP) is 2.87. The second-order valence-corrected chi connectivity index (χ2v) is 8.56. The summed E-state index contributed by atoms with van der Waals surface area (Å²) in [6.45, 7) is 2.17. The Morgan fingerprint density at radius 2 is 1.62 bits per heavy atom. The molecule has 0 amide bonds. The maximum atomic E-state index is 13.3. The molecule has 0 radical (unpaired) electrons. The molecule has 1 spiro atoms. The third-order valence-corrected chi connectivity index (χ3v) is 7.14. The molecule has 1 heterocycles. The molecule has 1 saturated carbocycles. The normalized spacial score (nSPS) is 20.7. The van der Waals surface area contributed by atoms with Gasteiger partial charge in [-0.05, 0) is 49.1 Å². The first-order chi connectivity index (χ1) is 11.6. The molecule has 2 aromatic carbocycles. The number of rotatable bonds is 3. The predicted molar refractivity (Wildman–Crippen MR) is 95.2 cm³/mol. The number of nitrogens with one attached hydrogen (secondary N) is 1. The molecule has 0 atom stereocenters. The molecule has 1 N–H and O–H groups in total. The molecular weight excluding hydrogens is 320 g/mol. The van der Waals surface area contributed by atoms with Crippen LogP contribution < -0.4 is 5.32 Å². The van der Waals surface area contributed by atoms with Crippen LogP contribution >= 0.6 is 0 Å². The van der Waals surface area contributed by atoms with Crippen LogP contribution in [0, 0.1) is 0 Å². The molecule has 1 aliphatic carbocycles. The summed E-state index contributed by atoms with van der Waals surface area (Å²) in [4.78, 5) is 0.400. The van der Waals surface area contributed by atoms with Crippen molar-refractivity contribution in [1.29, 1.82) is 0 Å². The molecule has 24 heavy (non-hydrogen) atoms. The van der Waals surface area contributed by atoms with Crippen LogP contribution in [0.4, 0.5) is 0 Å². The molecule has 126 valence electrons. The van der Waals surface area contributed by atoms with Gasteiger partial charge >= 0.3 is 0 Å². The Bertz CT molecular complexity index is 829. The van der Waals surface area contributed by atoms with Crippen LogP contribution in [-0.4, -0.2) is 37.9 Å². The summed E-state index contributed by atoms with van der Waals surface area (Å²) < 4.78 is 28.3. The summed E-state index contributed by atoms with van der Waals surface area (Å²) in [7, 11) is -3.47. The van der Waals surface area contributed by atoms with Gasteiger partial charge in [-0.3, -0.25) is 0 Å². The summed E-state index contributed by atoms with van der Waals surface area (Å²) in [5, 5.41) is 3.33. The van der Waals surface area contributed by atoms with Crippen molar-refractivity contribution in [2.75, 3.05) is 19.6 Å². The van der Waals surface area contributed by atoms with Gasteiger partial charge in [-0.2, -0.15) is 4.31 Å². The lowest BCUT2D eigenvalue weighted by Gasteiger charge is -2.29. The van der Waals surface area contributed by atoms with Gasteiger partial charge in [0, 0.05) is 18.6 Å². The molecule has 5 heteroatoms. The van der Waals surface area contributed by atoms with Crippen molar-refractivity contribution in [3.05, 3.63) is 54.6 Å². The topological polar surface area (TPSA) is 49.4 Å². The van der Waals surface area contributed by atoms with Crippen molar-refractivity contribution in [3.63, 3.8) is 0 Å². The Labute approximate surface area is 143 Å². The first-order valence-corrected chi connectivity index (χ1v) is 9.95. The summed E-state index contributed by atoms with van der Waals surface area (Å²) in [5.74, 6) is 0. The van der Waals surface area contributed by atoms with Crippen molar-refractivity contribution < 1.29 is 8.42 Å². The van der Waals surface area contributed by atoms with Crippen LogP contribution in [0.3, 0.4) is 0 Å². The average molecular weight is 342 g/mol. The van der Waals surface area contributed by atoms with Gasteiger partial charge in [0.15, 0.2) is 0 Å². The molecule has 0 bridgehead atoms. The van der Waals surface area contributed by atoms with Crippen molar-refractivity contribution in [2.45, 2.75) is 29.7 Å². The maximum Gasteiger partial charge on any atom is 0.243 e. The van der Waals surface area contributed by atoms with Gasteiger partial charge in [-0.25, -0.2) is 8.42 Å². The minimum Gasteiger partial charge on any atom is -0.315 e. The Morgan fingerprint density at radius 3 is 2.38 bits per heavy atom. The van der Waals surface area contributed by atoms with Crippen molar-refractivity contribution in [1.82, 2.24) is 9.62 Å². The minimum atomic E-state index is -3.47. The second kappa shape index (κ2) is 5.99. The lowest BCUT2D eigenvalue weighted by Crippen LogP contribution is -2.42. The molecule has 4 nitrogen and oxygen atoms in total. The van der Waals surface area contributed by atoms with Crippen LogP contribution in [-0.2, 0) is 10.0 Å². The van der Waals surface area contributed by atoms with Crippen LogP contribution in [0.5, 0.6) is 0 Å². The number of hydrogen-bond acceptors (Lipinski definition) is 3. The first kappa shape index (κ1) is 15.8. The molecule has 2 fully saturated rings. The summed E-state index contributed by atoms with van der Waals surface area (Å²) in [5.41, 5.74) is 1.83. The van der Waals surface area contributed by atoms with Gasteiger partial charge in [0.25, 0.3) is 0 Å². The summed E-state index contributed by atoms with van der Waals surface area (Å²) in [6, 6.07) is 17.2. The number of sulfonamides is 1. The highest BCUT2D eigenvalue weighted by molar-refractivity contribution is 7.89. The van der Waals surface area contributed by atoms with Gasteiger partial charge in [-0.1, -0.05) is 42.5 Å². The Morgan fingerprint density at radius 1 is 0.875 bits per heavy atom. The van der Waals surface area contributed by atoms with Gasteiger partial charge < -0.3 is 5.32 Å². The molecule has 0 unspecified atom stereocenters.